The Bertz CT molecular complexity index is 439. The molecule has 0 bridgehead atoms. The molecule has 1 aromatic rings. The summed E-state index contributed by atoms with van der Waals surface area (Å²) in [5, 5.41) is 13.8. The lowest BCUT2D eigenvalue weighted by molar-refractivity contribution is -0.384. The van der Waals surface area contributed by atoms with Crippen LogP contribution in [0.5, 0.6) is 0 Å². The van der Waals surface area contributed by atoms with Gasteiger partial charge in [-0.1, -0.05) is 13.8 Å². The summed E-state index contributed by atoms with van der Waals surface area (Å²) in [7, 11) is 0. The van der Waals surface area contributed by atoms with Gasteiger partial charge in [0.05, 0.1) is 4.92 Å². The molecule has 8 heteroatoms. The van der Waals surface area contributed by atoms with Gasteiger partial charge >= 0.3 is 5.69 Å². The number of ether oxygens (including phenoxy) is 1. The van der Waals surface area contributed by atoms with Crippen LogP contribution in [0.1, 0.15) is 20.3 Å². The molecular formula is C12H21N5O3. The maximum absolute atomic E-state index is 10.9. The average Bonchev–Trinajstić information content (AvgIpc) is 2.41. The Balaban J connectivity index is 2.47. The van der Waals surface area contributed by atoms with Crippen molar-refractivity contribution >= 4 is 17.3 Å². The van der Waals surface area contributed by atoms with Gasteiger partial charge in [0.2, 0.25) is 5.82 Å². The number of nitro groups is 1. The lowest BCUT2D eigenvalue weighted by Gasteiger charge is -2.09. The second-order valence-electron chi connectivity index (χ2n) is 4.71. The highest BCUT2D eigenvalue weighted by Gasteiger charge is 2.15. The minimum absolute atomic E-state index is 0.0768. The van der Waals surface area contributed by atoms with E-state index in [0.717, 1.165) is 6.42 Å². The van der Waals surface area contributed by atoms with E-state index in [0.29, 0.717) is 31.5 Å². The smallest absolute Gasteiger partial charge is 0.311 e. The normalized spacial score (nSPS) is 10.6. The second kappa shape index (κ2) is 8.28. The Morgan fingerprint density at radius 1 is 1.50 bits per heavy atom. The van der Waals surface area contributed by atoms with Gasteiger partial charge in [-0.2, -0.15) is 0 Å². The standard InChI is InChI=1S/C12H21N5O3/c1-9(2)8-20-7-3-6-14-12-10(17(18)19)4-5-11(15-12)16-13/h4-5,9H,3,6-8,13H2,1-2H3,(H2,14,15,16). The maximum atomic E-state index is 10.9. The number of anilines is 2. The van der Waals surface area contributed by atoms with Crippen molar-refractivity contribution < 1.29 is 9.66 Å². The van der Waals surface area contributed by atoms with Gasteiger partial charge in [0, 0.05) is 25.8 Å². The number of hydrazine groups is 1. The highest BCUT2D eigenvalue weighted by Crippen LogP contribution is 2.23. The highest BCUT2D eigenvalue weighted by atomic mass is 16.6. The molecule has 20 heavy (non-hydrogen) atoms. The fourth-order valence-electron chi connectivity index (χ4n) is 1.51. The van der Waals surface area contributed by atoms with E-state index < -0.39 is 4.92 Å². The number of aromatic nitrogens is 1. The number of hydrogen-bond donors (Lipinski definition) is 3. The van der Waals surface area contributed by atoms with Gasteiger partial charge < -0.3 is 15.5 Å². The lowest BCUT2D eigenvalue weighted by Crippen LogP contribution is -2.13. The molecule has 112 valence electrons. The topological polar surface area (TPSA) is 115 Å². The first-order valence-electron chi connectivity index (χ1n) is 6.48. The fraction of sp³-hybridized carbons (Fsp3) is 0.583. The van der Waals surface area contributed by atoms with E-state index >= 15 is 0 Å². The van der Waals surface area contributed by atoms with Crippen LogP contribution in [-0.2, 0) is 4.74 Å². The Morgan fingerprint density at radius 3 is 2.85 bits per heavy atom. The number of nitrogens with zero attached hydrogens (tertiary/aromatic N) is 2. The van der Waals surface area contributed by atoms with Gasteiger partial charge in [0.25, 0.3) is 0 Å². The number of nitrogens with one attached hydrogen (secondary N) is 2. The number of hydrogen-bond acceptors (Lipinski definition) is 7. The van der Waals surface area contributed by atoms with Crippen LogP contribution in [0.4, 0.5) is 17.3 Å². The van der Waals surface area contributed by atoms with E-state index in [1.807, 2.05) is 0 Å². The Hall–Kier alpha value is -1.93. The molecule has 0 fully saturated rings. The van der Waals surface area contributed by atoms with Crippen LogP contribution in [0, 0.1) is 16.0 Å². The zero-order valence-electron chi connectivity index (χ0n) is 11.8. The largest absolute Gasteiger partial charge is 0.381 e. The Morgan fingerprint density at radius 2 is 2.25 bits per heavy atom. The van der Waals surface area contributed by atoms with E-state index in [4.69, 9.17) is 10.6 Å². The third-order valence-corrected chi connectivity index (χ3v) is 2.43. The lowest BCUT2D eigenvalue weighted by atomic mass is 10.2. The summed E-state index contributed by atoms with van der Waals surface area (Å²) in [5.74, 6) is 6.31. The number of pyridine rings is 1. The van der Waals surface area contributed by atoms with Gasteiger partial charge in [-0.15, -0.1) is 0 Å². The number of nitrogen functional groups attached to an aromatic ring is 1. The molecule has 0 spiro atoms. The average molecular weight is 283 g/mol. The predicted molar refractivity (Wildman–Crippen MR) is 77.5 cm³/mol. The quantitative estimate of drug-likeness (QED) is 0.273. The maximum Gasteiger partial charge on any atom is 0.311 e. The molecule has 0 aromatic carbocycles. The van der Waals surface area contributed by atoms with Crippen LogP contribution in [0.15, 0.2) is 12.1 Å². The summed E-state index contributed by atoms with van der Waals surface area (Å²) in [6.07, 6.45) is 0.742. The highest BCUT2D eigenvalue weighted by molar-refractivity contribution is 5.59. The van der Waals surface area contributed by atoms with Crippen LogP contribution in [0.2, 0.25) is 0 Å². The van der Waals surface area contributed by atoms with Crippen LogP contribution in [-0.4, -0.2) is 29.7 Å². The summed E-state index contributed by atoms with van der Waals surface area (Å²) >= 11 is 0. The van der Waals surface area contributed by atoms with Crippen LogP contribution >= 0.6 is 0 Å². The van der Waals surface area contributed by atoms with E-state index in [9.17, 15) is 10.1 Å². The third-order valence-electron chi connectivity index (χ3n) is 2.43. The molecule has 0 atom stereocenters. The van der Waals surface area contributed by atoms with Crippen molar-refractivity contribution in [3.8, 4) is 0 Å². The molecule has 0 aliphatic rings. The summed E-state index contributed by atoms with van der Waals surface area (Å²) in [4.78, 5) is 14.4. The summed E-state index contributed by atoms with van der Waals surface area (Å²) in [6.45, 7) is 6.02. The van der Waals surface area contributed by atoms with Gasteiger partial charge in [0.15, 0.2) is 0 Å². The van der Waals surface area contributed by atoms with E-state index in [-0.39, 0.29) is 11.5 Å². The molecule has 0 aliphatic carbocycles. The van der Waals surface area contributed by atoms with Crippen LogP contribution in [0.3, 0.4) is 0 Å². The zero-order chi connectivity index (χ0) is 15.0. The van der Waals surface area contributed by atoms with Crippen LogP contribution in [0.25, 0.3) is 0 Å². The van der Waals surface area contributed by atoms with Gasteiger partial charge in [-0.3, -0.25) is 10.1 Å². The first kappa shape index (κ1) is 16.1. The van der Waals surface area contributed by atoms with Crippen molar-refractivity contribution in [1.82, 2.24) is 4.98 Å². The summed E-state index contributed by atoms with van der Waals surface area (Å²) < 4.78 is 5.43. The molecule has 0 aliphatic heterocycles. The zero-order valence-corrected chi connectivity index (χ0v) is 11.8. The minimum atomic E-state index is -0.481. The predicted octanol–water partition coefficient (Wildman–Crippen LogP) is 1.75. The number of nitrogens with two attached hydrogens (primary N) is 1. The molecule has 1 aromatic heterocycles. The Kier molecular flexibility index (Phi) is 6.68. The number of rotatable bonds is 9. The van der Waals surface area contributed by atoms with E-state index in [1.54, 1.807) is 0 Å². The van der Waals surface area contributed by atoms with Crippen molar-refractivity contribution in [3.63, 3.8) is 0 Å². The van der Waals surface area contributed by atoms with Crippen LogP contribution < -0.4 is 16.6 Å². The molecule has 0 amide bonds. The molecule has 8 nitrogen and oxygen atoms in total. The van der Waals surface area contributed by atoms with Crippen molar-refractivity contribution in [2.75, 3.05) is 30.5 Å². The summed E-state index contributed by atoms with van der Waals surface area (Å²) in [6, 6.07) is 2.81. The molecule has 4 N–H and O–H groups in total. The van der Waals surface area contributed by atoms with E-state index in [2.05, 4.69) is 29.6 Å². The van der Waals surface area contributed by atoms with Crippen molar-refractivity contribution in [1.29, 1.82) is 0 Å². The molecule has 0 saturated carbocycles. The van der Waals surface area contributed by atoms with Gasteiger partial charge in [0.1, 0.15) is 5.82 Å². The molecule has 0 radical (unpaired) electrons. The first-order valence-corrected chi connectivity index (χ1v) is 6.48. The van der Waals surface area contributed by atoms with Crippen molar-refractivity contribution in [2.24, 2.45) is 11.8 Å². The molecule has 0 saturated heterocycles. The Labute approximate surface area is 117 Å². The molecular weight excluding hydrogens is 262 g/mol. The van der Waals surface area contributed by atoms with E-state index in [1.165, 1.54) is 12.1 Å². The minimum Gasteiger partial charge on any atom is -0.381 e. The molecule has 1 rings (SSSR count). The van der Waals surface area contributed by atoms with Crippen molar-refractivity contribution in [3.05, 3.63) is 22.2 Å². The fourth-order valence-corrected chi connectivity index (χ4v) is 1.51. The van der Waals surface area contributed by atoms with Gasteiger partial charge in [-0.05, 0) is 18.4 Å². The van der Waals surface area contributed by atoms with Gasteiger partial charge in [-0.25, -0.2) is 10.8 Å². The molecule has 0 unspecified atom stereocenters. The first-order chi connectivity index (χ1) is 9.54. The second-order valence-corrected chi connectivity index (χ2v) is 4.71. The van der Waals surface area contributed by atoms with Crippen molar-refractivity contribution in [2.45, 2.75) is 20.3 Å². The summed E-state index contributed by atoms with van der Waals surface area (Å²) in [5.41, 5.74) is 2.28. The SMILES string of the molecule is CC(C)COCCCNc1nc(NN)ccc1[N+](=O)[O-]. The molecule has 1 heterocycles. The third kappa shape index (κ3) is 5.37. The monoisotopic (exact) mass is 283 g/mol.